The molecule has 0 unspecified atom stereocenters. The first kappa shape index (κ1) is 11.2. The molecule has 3 heteroatoms. The highest BCUT2D eigenvalue weighted by molar-refractivity contribution is 7.12. The number of carbonyl (C=O) groups excluding carboxylic acids is 1. The Kier molecular flexibility index (Phi) is 4.14. The lowest BCUT2D eigenvalue weighted by atomic mass is 10.1. The van der Waals surface area contributed by atoms with Gasteiger partial charge in [0.1, 0.15) is 0 Å². The zero-order valence-electron chi connectivity index (χ0n) is 8.91. The van der Waals surface area contributed by atoms with Gasteiger partial charge >= 0.3 is 0 Å². The van der Waals surface area contributed by atoms with Crippen LogP contribution in [0.2, 0.25) is 0 Å². The Morgan fingerprint density at radius 3 is 2.71 bits per heavy atom. The standard InChI is InChI=1S/C11H17NOS/c1-8(2)7-9(3)12-11(13)10-5-4-6-14-10/h4-6,8-9H,7H2,1-3H3,(H,12,13)/t9-/m1/s1. The molecule has 0 saturated heterocycles. The molecule has 0 bridgehead atoms. The van der Waals surface area contributed by atoms with E-state index in [9.17, 15) is 4.79 Å². The van der Waals surface area contributed by atoms with Crippen LogP contribution in [-0.2, 0) is 0 Å². The second kappa shape index (κ2) is 5.15. The maximum Gasteiger partial charge on any atom is 0.261 e. The molecular formula is C11H17NOS. The fraction of sp³-hybridized carbons (Fsp3) is 0.545. The molecule has 0 saturated carbocycles. The molecule has 78 valence electrons. The Morgan fingerprint density at radius 2 is 2.21 bits per heavy atom. The van der Waals surface area contributed by atoms with Gasteiger partial charge in [-0.05, 0) is 30.7 Å². The van der Waals surface area contributed by atoms with Gasteiger partial charge in [0.15, 0.2) is 0 Å². The van der Waals surface area contributed by atoms with E-state index in [4.69, 9.17) is 0 Å². The summed E-state index contributed by atoms with van der Waals surface area (Å²) in [4.78, 5) is 12.4. The van der Waals surface area contributed by atoms with E-state index in [1.165, 1.54) is 11.3 Å². The van der Waals surface area contributed by atoms with Gasteiger partial charge < -0.3 is 5.32 Å². The third kappa shape index (κ3) is 3.50. The Bertz CT molecular complexity index is 279. The molecule has 1 aromatic heterocycles. The van der Waals surface area contributed by atoms with E-state index in [-0.39, 0.29) is 11.9 Å². The molecule has 2 nitrogen and oxygen atoms in total. The molecule has 1 N–H and O–H groups in total. The zero-order valence-corrected chi connectivity index (χ0v) is 9.73. The van der Waals surface area contributed by atoms with Crippen molar-refractivity contribution in [1.82, 2.24) is 5.32 Å². The van der Waals surface area contributed by atoms with Gasteiger partial charge in [0, 0.05) is 6.04 Å². The molecule has 0 aliphatic carbocycles. The van der Waals surface area contributed by atoms with Crippen molar-refractivity contribution in [2.24, 2.45) is 5.92 Å². The lowest BCUT2D eigenvalue weighted by Gasteiger charge is -2.15. The monoisotopic (exact) mass is 211 g/mol. The SMILES string of the molecule is CC(C)C[C@@H](C)NC(=O)c1cccs1. The zero-order chi connectivity index (χ0) is 10.6. The fourth-order valence-corrected chi connectivity index (χ4v) is 2.10. The van der Waals surface area contributed by atoms with E-state index in [1.54, 1.807) is 0 Å². The second-order valence-corrected chi connectivity index (χ2v) is 4.93. The van der Waals surface area contributed by atoms with Gasteiger partial charge in [-0.1, -0.05) is 19.9 Å². The minimum Gasteiger partial charge on any atom is -0.349 e. The van der Waals surface area contributed by atoms with Gasteiger partial charge in [-0.15, -0.1) is 11.3 Å². The fourth-order valence-electron chi connectivity index (χ4n) is 1.47. The summed E-state index contributed by atoms with van der Waals surface area (Å²) < 4.78 is 0. The van der Waals surface area contributed by atoms with Crippen LogP contribution < -0.4 is 5.32 Å². The maximum absolute atomic E-state index is 11.6. The number of amides is 1. The van der Waals surface area contributed by atoms with E-state index in [0.29, 0.717) is 5.92 Å². The third-order valence-electron chi connectivity index (χ3n) is 1.95. The first-order valence-electron chi connectivity index (χ1n) is 4.94. The van der Waals surface area contributed by atoms with Crippen molar-refractivity contribution in [2.75, 3.05) is 0 Å². The molecule has 0 spiro atoms. The van der Waals surface area contributed by atoms with Crippen molar-refractivity contribution in [3.05, 3.63) is 22.4 Å². The highest BCUT2D eigenvalue weighted by Gasteiger charge is 2.11. The van der Waals surface area contributed by atoms with Crippen LogP contribution in [0.15, 0.2) is 17.5 Å². The molecule has 14 heavy (non-hydrogen) atoms. The summed E-state index contributed by atoms with van der Waals surface area (Å²) in [5, 5.41) is 4.90. The highest BCUT2D eigenvalue weighted by Crippen LogP contribution is 2.10. The number of nitrogens with one attached hydrogen (secondary N) is 1. The van der Waals surface area contributed by atoms with Crippen LogP contribution >= 0.6 is 11.3 Å². The summed E-state index contributed by atoms with van der Waals surface area (Å²) >= 11 is 1.48. The van der Waals surface area contributed by atoms with Crippen molar-refractivity contribution < 1.29 is 4.79 Å². The van der Waals surface area contributed by atoms with Gasteiger partial charge in [0.25, 0.3) is 5.91 Å². The molecule has 0 radical (unpaired) electrons. The summed E-state index contributed by atoms with van der Waals surface area (Å²) in [6.45, 7) is 6.37. The minimum absolute atomic E-state index is 0.0492. The summed E-state index contributed by atoms with van der Waals surface area (Å²) in [5.41, 5.74) is 0. The van der Waals surface area contributed by atoms with Crippen molar-refractivity contribution in [2.45, 2.75) is 33.2 Å². The highest BCUT2D eigenvalue weighted by atomic mass is 32.1. The van der Waals surface area contributed by atoms with Gasteiger partial charge in [-0.3, -0.25) is 4.79 Å². The van der Waals surface area contributed by atoms with Crippen LogP contribution in [0.1, 0.15) is 36.9 Å². The van der Waals surface area contributed by atoms with Crippen LogP contribution in [0.25, 0.3) is 0 Å². The van der Waals surface area contributed by atoms with Crippen molar-refractivity contribution in [1.29, 1.82) is 0 Å². The lowest BCUT2D eigenvalue weighted by Crippen LogP contribution is -2.32. The van der Waals surface area contributed by atoms with Gasteiger partial charge in [0.05, 0.1) is 4.88 Å². The van der Waals surface area contributed by atoms with Crippen LogP contribution in [0.3, 0.4) is 0 Å². The first-order chi connectivity index (χ1) is 6.59. The van der Waals surface area contributed by atoms with Crippen molar-refractivity contribution >= 4 is 17.2 Å². The number of hydrogen-bond donors (Lipinski definition) is 1. The number of hydrogen-bond acceptors (Lipinski definition) is 2. The van der Waals surface area contributed by atoms with E-state index < -0.39 is 0 Å². The van der Waals surface area contributed by atoms with E-state index in [1.807, 2.05) is 24.4 Å². The topological polar surface area (TPSA) is 29.1 Å². The Labute approximate surface area is 89.3 Å². The van der Waals surface area contributed by atoms with Crippen LogP contribution in [0, 0.1) is 5.92 Å². The molecule has 1 rings (SSSR count). The number of carbonyl (C=O) groups is 1. The predicted octanol–water partition coefficient (Wildman–Crippen LogP) is 2.91. The summed E-state index contributed by atoms with van der Waals surface area (Å²) in [7, 11) is 0. The van der Waals surface area contributed by atoms with Crippen LogP contribution in [0.5, 0.6) is 0 Å². The van der Waals surface area contributed by atoms with Crippen molar-refractivity contribution in [3.8, 4) is 0 Å². The van der Waals surface area contributed by atoms with Crippen LogP contribution in [-0.4, -0.2) is 11.9 Å². The van der Waals surface area contributed by atoms with E-state index >= 15 is 0 Å². The van der Waals surface area contributed by atoms with Crippen molar-refractivity contribution in [3.63, 3.8) is 0 Å². The molecule has 0 fully saturated rings. The van der Waals surface area contributed by atoms with Crippen LogP contribution in [0.4, 0.5) is 0 Å². The average Bonchev–Trinajstić information content (AvgIpc) is 2.53. The summed E-state index contributed by atoms with van der Waals surface area (Å²) in [6, 6.07) is 4.00. The molecule has 0 aliphatic heterocycles. The molecular weight excluding hydrogens is 194 g/mol. The van der Waals surface area contributed by atoms with Gasteiger partial charge in [-0.2, -0.15) is 0 Å². The average molecular weight is 211 g/mol. The number of thiophene rings is 1. The minimum atomic E-state index is 0.0492. The molecule has 1 atom stereocenters. The maximum atomic E-state index is 11.6. The Hall–Kier alpha value is -0.830. The molecule has 1 amide bonds. The summed E-state index contributed by atoms with van der Waals surface area (Å²) in [5.74, 6) is 0.668. The Balaban J connectivity index is 2.41. The summed E-state index contributed by atoms with van der Waals surface area (Å²) in [6.07, 6.45) is 1.02. The van der Waals surface area contributed by atoms with E-state index in [0.717, 1.165) is 11.3 Å². The van der Waals surface area contributed by atoms with E-state index in [2.05, 4.69) is 19.2 Å². The molecule has 0 aromatic carbocycles. The normalized spacial score (nSPS) is 12.9. The lowest BCUT2D eigenvalue weighted by molar-refractivity contribution is 0.0940. The Morgan fingerprint density at radius 1 is 1.50 bits per heavy atom. The predicted molar refractivity (Wildman–Crippen MR) is 60.7 cm³/mol. The van der Waals surface area contributed by atoms with Gasteiger partial charge in [0.2, 0.25) is 0 Å². The third-order valence-corrected chi connectivity index (χ3v) is 2.82. The first-order valence-corrected chi connectivity index (χ1v) is 5.82. The molecule has 1 aromatic rings. The largest absolute Gasteiger partial charge is 0.349 e. The molecule has 0 aliphatic rings. The van der Waals surface area contributed by atoms with Gasteiger partial charge in [-0.25, -0.2) is 0 Å². The second-order valence-electron chi connectivity index (χ2n) is 3.98. The quantitative estimate of drug-likeness (QED) is 0.815. The molecule has 1 heterocycles. The number of rotatable bonds is 4. The smallest absolute Gasteiger partial charge is 0.261 e.